The highest BCUT2D eigenvalue weighted by Crippen LogP contribution is 2.29. The summed E-state index contributed by atoms with van der Waals surface area (Å²) < 4.78 is 12.0. The number of rotatable bonds is 5. The summed E-state index contributed by atoms with van der Waals surface area (Å²) in [4.78, 5) is 27.2. The van der Waals surface area contributed by atoms with Crippen LogP contribution in [0.15, 0.2) is 78.1 Å². The Balaban J connectivity index is 1.39. The minimum Gasteiger partial charge on any atom is -0.481 e. The van der Waals surface area contributed by atoms with E-state index in [1.807, 2.05) is 54.7 Å². The first-order chi connectivity index (χ1) is 18.1. The fourth-order valence-corrected chi connectivity index (χ4v) is 5.04. The third-order valence-corrected chi connectivity index (χ3v) is 6.99. The molecule has 186 valence electrons. The van der Waals surface area contributed by atoms with Crippen molar-refractivity contribution in [1.29, 1.82) is 0 Å². The van der Waals surface area contributed by atoms with E-state index in [4.69, 9.17) is 9.47 Å². The number of ether oxygens (including phenoxy) is 2. The highest BCUT2D eigenvalue weighted by atomic mass is 16.5. The lowest BCUT2D eigenvalue weighted by Gasteiger charge is -2.29. The van der Waals surface area contributed by atoms with Crippen molar-refractivity contribution < 1.29 is 14.6 Å². The molecular weight excluding hydrogens is 468 g/mol. The molecular formula is C29H26N4O4. The van der Waals surface area contributed by atoms with E-state index in [1.54, 1.807) is 24.2 Å². The van der Waals surface area contributed by atoms with Gasteiger partial charge in [-0.2, -0.15) is 0 Å². The van der Waals surface area contributed by atoms with Gasteiger partial charge >= 0.3 is 0 Å². The number of aliphatic hydroxyl groups is 1. The van der Waals surface area contributed by atoms with E-state index in [0.29, 0.717) is 36.2 Å². The number of nitrogens with zero attached hydrogens (tertiary/aromatic N) is 4. The SMILES string of the molecule is COc1ccc(-c2ccc(Cc3cc4c(=O)n([C@H]5CCOC[C@@H]5O)cnc4c4ccccc34)cn2)cn1. The van der Waals surface area contributed by atoms with Gasteiger partial charge in [-0.25, -0.2) is 9.97 Å². The van der Waals surface area contributed by atoms with Crippen molar-refractivity contribution in [1.82, 2.24) is 19.5 Å². The third-order valence-electron chi connectivity index (χ3n) is 6.99. The predicted molar refractivity (Wildman–Crippen MR) is 141 cm³/mol. The molecule has 5 aromatic rings. The lowest BCUT2D eigenvalue weighted by Crippen LogP contribution is -2.39. The van der Waals surface area contributed by atoms with Crippen LogP contribution >= 0.6 is 0 Å². The highest BCUT2D eigenvalue weighted by Gasteiger charge is 2.27. The molecule has 2 atom stereocenters. The molecule has 2 aromatic carbocycles. The molecule has 0 unspecified atom stereocenters. The van der Waals surface area contributed by atoms with Gasteiger partial charge in [-0.1, -0.05) is 30.3 Å². The van der Waals surface area contributed by atoms with E-state index in [1.165, 1.54) is 0 Å². The summed E-state index contributed by atoms with van der Waals surface area (Å²) in [6.45, 7) is 0.721. The van der Waals surface area contributed by atoms with E-state index in [2.05, 4.69) is 21.0 Å². The molecule has 0 saturated carbocycles. The average molecular weight is 495 g/mol. The molecule has 1 saturated heterocycles. The Bertz CT molecular complexity index is 1630. The molecule has 3 aromatic heterocycles. The van der Waals surface area contributed by atoms with Crippen molar-refractivity contribution in [2.45, 2.75) is 25.0 Å². The van der Waals surface area contributed by atoms with Gasteiger partial charge in [0.05, 0.1) is 48.8 Å². The molecule has 0 aliphatic carbocycles. The lowest BCUT2D eigenvalue weighted by atomic mass is 9.96. The Kier molecular flexibility index (Phi) is 6.12. The van der Waals surface area contributed by atoms with E-state index >= 15 is 0 Å². The maximum atomic E-state index is 13.6. The monoisotopic (exact) mass is 494 g/mol. The Morgan fingerprint density at radius 3 is 2.62 bits per heavy atom. The molecule has 1 aliphatic rings. The summed E-state index contributed by atoms with van der Waals surface area (Å²) in [6, 6.07) is 17.4. The van der Waals surface area contributed by atoms with Crippen LogP contribution in [0.5, 0.6) is 5.88 Å². The van der Waals surface area contributed by atoms with Gasteiger partial charge in [0.25, 0.3) is 5.56 Å². The smallest absolute Gasteiger partial charge is 0.261 e. The van der Waals surface area contributed by atoms with Crippen LogP contribution in [0.2, 0.25) is 0 Å². The topological polar surface area (TPSA) is 99.4 Å². The minimum atomic E-state index is -0.740. The maximum absolute atomic E-state index is 13.6. The summed E-state index contributed by atoms with van der Waals surface area (Å²) in [7, 11) is 1.59. The molecule has 1 N–H and O–H groups in total. The van der Waals surface area contributed by atoms with Crippen LogP contribution in [-0.2, 0) is 11.2 Å². The van der Waals surface area contributed by atoms with Crippen molar-refractivity contribution in [2.75, 3.05) is 20.3 Å². The summed E-state index contributed by atoms with van der Waals surface area (Å²) in [5.74, 6) is 0.559. The van der Waals surface area contributed by atoms with Gasteiger partial charge in [-0.15, -0.1) is 0 Å². The number of hydrogen-bond donors (Lipinski definition) is 1. The Morgan fingerprint density at radius 1 is 1.03 bits per heavy atom. The Labute approximate surface area is 213 Å². The summed E-state index contributed by atoms with van der Waals surface area (Å²) in [5, 5.41) is 13.0. The zero-order valence-electron chi connectivity index (χ0n) is 20.4. The maximum Gasteiger partial charge on any atom is 0.261 e. The van der Waals surface area contributed by atoms with Crippen LogP contribution < -0.4 is 10.3 Å². The zero-order valence-corrected chi connectivity index (χ0v) is 20.4. The molecule has 8 heteroatoms. The molecule has 37 heavy (non-hydrogen) atoms. The van der Waals surface area contributed by atoms with Gasteiger partial charge in [-0.05, 0) is 47.6 Å². The molecule has 1 aliphatic heterocycles. The molecule has 0 radical (unpaired) electrons. The van der Waals surface area contributed by atoms with Crippen LogP contribution in [-0.4, -0.2) is 51.1 Å². The highest BCUT2D eigenvalue weighted by molar-refractivity contribution is 6.06. The number of benzene rings is 2. The van der Waals surface area contributed by atoms with Crippen LogP contribution in [0, 0.1) is 0 Å². The zero-order chi connectivity index (χ0) is 25.4. The van der Waals surface area contributed by atoms with E-state index in [-0.39, 0.29) is 18.2 Å². The normalized spacial score (nSPS) is 17.8. The summed E-state index contributed by atoms with van der Waals surface area (Å²) in [6.07, 6.45) is 5.60. The predicted octanol–water partition coefficient (Wildman–Crippen LogP) is 3.93. The van der Waals surface area contributed by atoms with Crippen molar-refractivity contribution in [3.05, 3.63) is 94.8 Å². The van der Waals surface area contributed by atoms with Gasteiger partial charge < -0.3 is 14.6 Å². The van der Waals surface area contributed by atoms with Gasteiger partial charge in [-0.3, -0.25) is 14.3 Å². The van der Waals surface area contributed by atoms with Crippen LogP contribution in [0.1, 0.15) is 23.6 Å². The van der Waals surface area contributed by atoms with Crippen LogP contribution in [0.4, 0.5) is 0 Å². The molecule has 6 rings (SSSR count). The first-order valence-corrected chi connectivity index (χ1v) is 12.2. The first-order valence-electron chi connectivity index (χ1n) is 12.2. The number of aliphatic hydroxyl groups excluding tert-OH is 1. The van der Waals surface area contributed by atoms with Crippen molar-refractivity contribution in [3.8, 4) is 17.1 Å². The molecule has 0 bridgehead atoms. The molecule has 8 nitrogen and oxygen atoms in total. The lowest BCUT2D eigenvalue weighted by molar-refractivity contribution is -0.0395. The number of aromatic nitrogens is 4. The molecule has 1 fully saturated rings. The van der Waals surface area contributed by atoms with E-state index < -0.39 is 6.10 Å². The van der Waals surface area contributed by atoms with Gasteiger partial charge in [0.15, 0.2) is 0 Å². The fourth-order valence-electron chi connectivity index (χ4n) is 5.04. The van der Waals surface area contributed by atoms with E-state index in [0.717, 1.165) is 33.2 Å². The Hall–Kier alpha value is -4.14. The second kappa shape index (κ2) is 9.72. The fraction of sp³-hybridized carbons (Fsp3) is 0.241. The standard InChI is InChI=1S/C29H26N4O4/c1-36-27-9-7-19(15-31-27)24-8-6-18(14-30-24)12-20-13-23-28(22-5-3-2-4-21(20)22)32-17-33(29(23)35)25-10-11-37-16-26(25)34/h2-9,13-15,17,25-26,34H,10-12,16H2,1H3/t25-,26-/m0/s1. The quantitative estimate of drug-likeness (QED) is 0.370. The number of fused-ring (bicyclic) bond motifs is 3. The molecule has 0 amide bonds. The minimum absolute atomic E-state index is 0.150. The number of methoxy groups -OCH3 is 1. The molecule has 4 heterocycles. The molecule has 0 spiro atoms. The van der Waals surface area contributed by atoms with Crippen LogP contribution in [0.25, 0.3) is 32.9 Å². The van der Waals surface area contributed by atoms with Gasteiger partial charge in [0.2, 0.25) is 5.88 Å². The Morgan fingerprint density at radius 2 is 1.89 bits per heavy atom. The first kappa shape index (κ1) is 23.3. The summed E-state index contributed by atoms with van der Waals surface area (Å²) >= 11 is 0. The summed E-state index contributed by atoms with van der Waals surface area (Å²) in [5.41, 5.74) is 4.30. The van der Waals surface area contributed by atoms with E-state index in [9.17, 15) is 9.90 Å². The second-order valence-electron chi connectivity index (χ2n) is 9.25. The largest absolute Gasteiger partial charge is 0.481 e. The third kappa shape index (κ3) is 4.34. The van der Waals surface area contributed by atoms with Crippen molar-refractivity contribution in [3.63, 3.8) is 0 Å². The second-order valence-corrected chi connectivity index (χ2v) is 9.25. The van der Waals surface area contributed by atoms with Gasteiger partial charge in [0.1, 0.15) is 0 Å². The number of pyridine rings is 2. The average Bonchev–Trinajstić information content (AvgIpc) is 2.95. The van der Waals surface area contributed by atoms with Gasteiger partial charge in [0, 0.05) is 36.0 Å². The van der Waals surface area contributed by atoms with Crippen LogP contribution in [0.3, 0.4) is 0 Å². The van der Waals surface area contributed by atoms with Crippen molar-refractivity contribution >= 4 is 21.7 Å². The number of hydrogen-bond acceptors (Lipinski definition) is 7. The van der Waals surface area contributed by atoms with Crippen molar-refractivity contribution in [2.24, 2.45) is 0 Å².